The molecule has 0 atom stereocenters. The molecule has 3 N–H and O–H groups in total. The minimum Gasteiger partial charge on any atom is -0.505 e. The molecule has 0 unspecified atom stereocenters. The van der Waals surface area contributed by atoms with Crippen molar-refractivity contribution in [3.05, 3.63) is 50.8 Å². The summed E-state index contributed by atoms with van der Waals surface area (Å²) in [7, 11) is 0. The largest absolute Gasteiger partial charge is 0.505 e. The smallest absolute Gasteiger partial charge is 0.270 e. The van der Waals surface area contributed by atoms with Crippen molar-refractivity contribution in [3.8, 4) is 5.75 Å². The zero-order valence-corrected chi connectivity index (χ0v) is 12.8. The molecule has 2 heterocycles. The Morgan fingerprint density at radius 1 is 1.25 bits per heavy atom. The van der Waals surface area contributed by atoms with Crippen LogP contribution in [-0.2, 0) is 17.6 Å². The minimum atomic E-state index is -0.495. The maximum Gasteiger partial charge on any atom is 0.270 e. The first-order chi connectivity index (χ1) is 11.5. The molecule has 7 heteroatoms. The Morgan fingerprint density at radius 2 is 2.04 bits per heavy atom. The number of hydrogen-bond acceptors (Lipinski definition) is 4. The second kappa shape index (κ2) is 5.23. The van der Waals surface area contributed by atoms with E-state index in [9.17, 15) is 20.0 Å². The van der Waals surface area contributed by atoms with Crippen LogP contribution >= 0.6 is 0 Å². The number of nitro benzene ring substituents is 1. The number of fused-ring (bicyclic) bond motifs is 2. The average Bonchev–Trinajstić information content (AvgIpc) is 3.05. The fraction of sp³-hybridized carbons (Fsp3) is 0.235. The van der Waals surface area contributed by atoms with Crippen LogP contribution in [0.25, 0.3) is 11.6 Å². The Morgan fingerprint density at radius 3 is 2.79 bits per heavy atom. The van der Waals surface area contributed by atoms with Crippen LogP contribution in [0.2, 0.25) is 0 Å². The van der Waals surface area contributed by atoms with Crippen molar-refractivity contribution in [2.24, 2.45) is 0 Å². The Labute approximate surface area is 137 Å². The Balaban J connectivity index is 1.82. The van der Waals surface area contributed by atoms with Gasteiger partial charge in [-0.15, -0.1) is 0 Å². The van der Waals surface area contributed by atoms with E-state index in [0.29, 0.717) is 22.5 Å². The number of H-pyrrole nitrogens is 1. The molecule has 1 aromatic carbocycles. The minimum absolute atomic E-state index is 0.0776. The van der Waals surface area contributed by atoms with Crippen LogP contribution in [0.3, 0.4) is 0 Å². The molecule has 2 aromatic rings. The molecule has 0 saturated heterocycles. The lowest BCUT2D eigenvalue weighted by Gasteiger charge is -2.09. The van der Waals surface area contributed by atoms with Gasteiger partial charge in [0.15, 0.2) is 0 Å². The number of nitro groups is 1. The van der Waals surface area contributed by atoms with E-state index >= 15 is 0 Å². The summed E-state index contributed by atoms with van der Waals surface area (Å²) in [6.07, 6.45) is 5.36. The van der Waals surface area contributed by atoms with Crippen molar-refractivity contribution >= 4 is 28.9 Å². The maximum absolute atomic E-state index is 12.2. The quantitative estimate of drug-likeness (QED) is 0.448. The number of benzene rings is 1. The zero-order chi connectivity index (χ0) is 16.8. The number of nitrogens with zero attached hydrogens (tertiary/aromatic N) is 1. The van der Waals surface area contributed by atoms with Crippen LogP contribution in [0.4, 0.5) is 11.4 Å². The van der Waals surface area contributed by atoms with Crippen molar-refractivity contribution in [2.75, 3.05) is 5.32 Å². The topological polar surface area (TPSA) is 108 Å². The highest BCUT2D eigenvalue weighted by atomic mass is 16.6. The molecule has 24 heavy (non-hydrogen) atoms. The number of rotatable bonds is 2. The molecule has 4 rings (SSSR count). The van der Waals surface area contributed by atoms with E-state index < -0.39 is 4.92 Å². The van der Waals surface area contributed by atoms with Crippen LogP contribution in [0.15, 0.2) is 18.2 Å². The van der Waals surface area contributed by atoms with Gasteiger partial charge < -0.3 is 15.4 Å². The van der Waals surface area contributed by atoms with E-state index in [4.69, 9.17) is 0 Å². The number of carbonyl (C=O) groups excluding carboxylic acids is 1. The highest BCUT2D eigenvalue weighted by Crippen LogP contribution is 2.38. The number of carbonyl (C=O) groups is 1. The van der Waals surface area contributed by atoms with Gasteiger partial charge >= 0.3 is 0 Å². The van der Waals surface area contributed by atoms with Gasteiger partial charge in [-0.05, 0) is 37.8 Å². The van der Waals surface area contributed by atoms with Gasteiger partial charge in [0.05, 0.1) is 16.2 Å². The summed E-state index contributed by atoms with van der Waals surface area (Å²) in [5, 5.41) is 24.1. The number of aromatic nitrogens is 1. The molecule has 0 spiro atoms. The maximum atomic E-state index is 12.2. The number of aromatic hydroxyl groups is 1. The number of anilines is 1. The number of non-ortho nitro benzene ring substituents is 1. The van der Waals surface area contributed by atoms with E-state index in [-0.39, 0.29) is 17.3 Å². The molecule has 2 aliphatic rings. The van der Waals surface area contributed by atoms with E-state index in [1.807, 2.05) is 0 Å². The fourth-order valence-corrected chi connectivity index (χ4v) is 3.37. The summed E-state index contributed by atoms with van der Waals surface area (Å²) >= 11 is 0. The van der Waals surface area contributed by atoms with Crippen LogP contribution in [-0.4, -0.2) is 20.9 Å². The van der Waals surface area contributed by atoms with Gasteiger partial charge in [0.2, 0.25) is 0 Å². The number of aryl methyl sites for hydroxylation is 1. The molecule has 0 fully saturated rings. The Bertz CT molecular complexity index is 911. The summed E-state index contributed by atoms with van der Waals surface area (Å²) in [5.41, 5.74) is 3.63. The second-order valence-corrected chi connectivity index (χ2v) is 6.05. The monoisotopic (exact) mass is 325 g/mol. The summed E-state index contributed by atoms with van der Waals surface area (Å²) in [4.78, 5) is 25.9. The van der Waals surface area contributed by atoms with Crippen molar-refractivity contribution in [2.45, 2.75) is 25.7 Å². The molecule has 1 aliphatic heterocycles. The van der Waals surface area contributed by atoms with E-state index in [1.54, 1.807) is 6.08 Å². The normalized spacial score (nSPS) is 17.5. The van der Waals surface area contributed by atoms with Gasteiger partial charge in [0, 0.05) is 34.6 Å². The lowest BCUT2D eigenvalue weighted by molar-refractivity contribution is -0.384. The molecular formula is C17H15N3O4. The van der Waals surface area contributed by atoms with Gasteiger partial charge in [-0.3, -0.25) is 14.9 Å². The molecule has 1 aromatic heterocycles. The van der Waals surface area contributed by atoms with Gasteiger partial charge in [-0.1, -0.05) is 0 Å². The van der Waals surface area contributed by atoms with Crippen LogP contribution in [0.1, 0.15) is 35.4 Å². The average molecular weight is 325 g/mol. The predicted octanol–water partition coefficient (Wildman–Crippen LogP) is 3.00. The lowest BCUT2D eigenvalue weighted by Crippen LogP contribution is -2.03. The van der Waals surface area contributed by atoms with Crippen molar-refractivity contribution in [1.29, 1.82) is 0 Å². The summed E-state index contributed by atoms with van der Waals surface area (Å²) in [6, 6.07) is 4.25. The molecule has 1 amide bonds. The van der Waals surface area contributed by atoms with Gasteiger partial charge in [-0.2, -0.15) is 0 Å². The first-order valence-corrected chi connectivity index (χ1v) is 7.79. The van der Waals surface area contributed by atoms with Crippen molar-refractivity contribution < 1.29 is 14.8 Å². The third-order valence-corrected chi connectivity index (χ3v) is 4.58. The van der Waals surface area contributed by atoms with Crippen LogP contribution in [0, 0.1) is 10.1 Å². The molecular weight excluding hydrogens is 310 g/mol. The summed E-state index contributed by atoms with van der Waals surface area (Å²) in [6.45, 7) is 0. The van der Waals surface area contributed by atoms with Gasteiger partial charge in [-0.25, -0.2) is 0 Å². The summed E-state index contributed by atoms with van der Waals surface area (Å²) in [5.74, 6) is -0.165. The summed E-state index contributed by atoms with van der Waals surface area (Å²) < 4.78 is 0. The molecule has 122 valence electrons. The zero-order valence-electron chi connectivity index (χ0n) is 12.8. The van der Waals surface area contributed by atoms with Crippen molar-refractivity contribution in [1.82, 2.24) is 4.98 Å². The van der Waals surface area contributed by atoms with E-state index in [2.05, 4.69) is 10.3 Å². The molecule has 0 radical (unpaired) electrons. The lowest BCUT2D eigenvalue weighted by atomic mass is 9.97. The number of hydrogen-bond donors (Lipinski definition) is 3. The third kappa shape index (κ3) is 2.17. The SMILES string of the molecule is O=C1Nc2ccc([N+](=O)[O-])cc2C1=Cc1[nH]c2c(c1O)CCCC2. The number of aromatic amines is 1. The highest BCUT2D eigenvalue weighted by molar-refractivity contribution is 6.35. The fourth-order valence-electron chi connectivity index (χ4n) is 3.37. The predicted molar refractivity (Wildman–Crippen MR) is 88.7 cm³/mol. The number of nitrogens with one attached hydrogen (secondary N) is 2. The van der Waals surface area contributed by atoms with E-state index in [0.717, 1.165) is 36.9 Å². The van der Waals surface area contributed by atoms with Gasteiger partial charge in [0.1, 0.15) is 5.75 Å². The van der Waals surface area contributed by atoms with Crippen molar-refractivity contribution in [3.63, 3.8) is 0 Å². The Hall–Kier alpha value is -3.09. The standard InChI is InChI=1S/C17H15N3O4/c21-16-10-3-1-2-4-13(10)18-15(16)8-12-11-7-9(20(23)24)5-6-14(11)19-17(12)22/h5-8,18,21H,1-4H2,(H,19,22). The molecule has 0 saturated carbocycles. The van der Waals surface area contributed by atoms with Gasteiger partial charge in [0.25, 0.3) is 11.6 Å². The van der Waals surface area contributed by atoms with Crippen LogP contribution in [0.5, 0.6) is 5.75 Å². The Kier molecular flexibility index (Phi) is 3.16. The molecule has 7 nitrogen and oxygen atoms in total. The van der Waals surface area contributed by atoms with E-state index in [1.165, 1.54) is 18.2 Å². The first-order valence-electron chi connectivity index (χ1n) is 7.79. The number of amides is 1. The molecule has 0 bridgehead atoms. The molecule has 1 aliphatic carbocycles. The van der Waals surface area contributed by atoms with Crippen LogP contribution < -0.4 is 5.32 Å². The first kappa shape index (κ1) is 14.5. The second-order valence-electron chi connectivity index (χ2n) is 6.05. The third-order valence-electron chi connectivity index (χ3n) is 4.58. The highest BCUT2D eigenvalue weighted by Gasteiger charge is 2.27.